The molecule has 0 heterocycles. The molecule has 0 aromatic heterocycles. The van der Waals surface area contributed by atoms with E-state index in [1.807, 2.05) is 42.5 Å². The normalized spacial score (nSPS) is 10.3. The first kappa shape index (κ1) is 12.4. The predicted molar refractivity (Wildman–Crippen MR) is 80.6 cm³/mol. The van der Waals surface area contributed by atoms with Crippen LogP contribution >= 0.6 is 18.5 Å². The van der Waals surface area contributed by atoms with Crippen LogP contribution in [0.4, 0.5) is 0 Å². The first-order chi connectivity index (χ1) is 8.08. The van der Waals surface area contributed by atoms with Gasteiger partial charge in [-0.1, -0.05) is 36.4 Å². The Morgan fingerprint density at radius 1 is 0.941 bits per heavy atom. The van der Waals surface area contributed by atoms with Crippen LogP contribution in [0, 0.1) is 0 Å². The predicted octanol–water partition coefficient (Wildman–Crippen LogP) is 2.56. The summed E-state index contributed by atoms with van der Waals surface area (Å²) in [5.74, 6) is 0.0965. The third-order valence-electron chi connectivity index (χ3n) is 2.64. The van der Waals surface area contributed by atoms with Gasteiger partial charge in [0.2, 0.25) is 0 Å². The molecule has 0 radical (unpaired) electrons. The van der Waals surface area contributed by atoms with Crippen molar-refractivity contribution in [3.05, 3.63) is 48.0 Å². The second-order valence-electron chi connectivity index (χ2n) is 3.98. The van der Waals surface area contributed by atoms with Gasteiger partial charge in [-0.05, 0) is 34.7 Å². The third kappa shape index (κ3) is 2.80. The lowest BCUT2D eigenvalue weighted by Crippen LogP contribution is -2.02. The zero-order chi connectivity index (χ0) is 12.4. The van der Waals surface area contributed by atoms with E-state index in [4.69, 9.17) is 0 Å². The maximum absolute atomic E-state index is 11.6. The molecule has 0 amide bonds. The number of hydrogen-bond acceptors (Lipinski definition) is 1. The molecule has 2 aromatic carbocycles. The summed E-state index contributed by atoms with van der Waals surface area (Å²) in [7, 11) is 5.28. The molecule has 2 unspecified atom stereocenters. The molecule has 0 saturated carbocycles. The van der Waals surface area contributed by atoms with Crippen molar-refractivity contribution in [1.82, 2.24) is 0 Å². The highest BCUT2D eigenvalue weighted by Crippen LogP contribution is 2.23. The van der Waals surface area contributed by atoms with Crippen molar-refractivity contribution in [2.45, 2.75) is 6.92 Å². The Morgan fingerprint density at radius 2 is 1.53 bits per heavy atom. The molecule has 17 heavy (non-hydrogen) atoms. The summed E-state index contributed by atoms with van der Waals surface area (Å²) in [5, 5.41) is 2.17. The summed E-state index contributed by atoms with van der Waals surface area (Å²) in [6.45, 7) is 1.60. The number of carbonyl (C=O) groups is 1. The summed E-state index contributed by atoms with van der Waals surface area (Å²) in [6.07, 6.45) is 0. The lowest BCUT2D eigenvalue weighted by Gasteiger charge is -2.08. The molecule has 0 bridgehead atoms. The number of Topliss-reactive ketones (excluding diaryl/α,β-unsaturated/α-hetero) is 1. The summed E-state index contributed by atoms with van der Waals surface area (Å²) in [4.78, 5) is 11.6. The average Bonchev–Trinajstić information content (AvgIpc) is 2.30. The fraction of sp³-hybridized carbons (Fsp3) is 0.0714. The smallest absolute Gasteiger partial charge is 0.160 e. The zero-order valence-electron chi connectivity index (χ0n) is 9.60. The van der Waals surface area contributed by atoms with Gasteiger partial charge in [-0.3, -0.25) is 4.79 Å². The van der Waals surface area contributed by atoms with Gasteiger partial charge in [0.1, 0.15) is 0 Å². The molecule has 0 aliphatic carbocycles. The van der Waals surface area contributed by atoms with E-state index < -0.39 is 0 Å². The molecule has 0 aliphatic heterocycles. The SMILES string of the molecule is CC(=O)c1cc(P)ccc1-c1ccc(P)cc1. The Balaban J connectivity index is 2.58. The number of carbonyl (C=O) groups excluding carboxylic acids is 1. The molecule has 2 aromatic rings. The van der Waals surface area contributed by atoms with Crippen LogP contribution in [0.1, 0.15) is 17.3 Å². The van der Waals surface area contributed by atoms with Crippen molar-refractivity contribution in [3.8, 4) is 11.1 Å². The Bertz CT molecular complexity index is 559. The Labute approximate surface area is 106 Å². The number of rotatable bonds is 2. The van der Waals surface area contributed by atoms with Crippen molar-refractivity contribution in [1.29, 1.82) is 0 Å². The van der Waals surface area contributed by atoms with Gasteiger partial charge < -0.3 is 0 Å². The maximum atomic E-state index is 11.6. The molecular formula is C14H14OP2. The molecule has 0 N–H and O–H groups in total. The van der Waals surface area contributed by atoms with Gasteiger partial charge >= 0.3 is 0 Å². The summed E-state index contributed by atoms with van der Waals surface area (Å²) < 4.78 is 0. The van der Waals surface area contributed by atoms with Crippen molar-refractivity contribution in [2.24, 2.45) is 0 Å². The van der Waals surface area contributed by atoms with Gasteiger partial charge in [0, 0.05) is 5.56 Å². The molecule has 0 spiro atoms. The van der Waals surface area contributed by atoms with Gasteiger partial charge in [0.05, 0.1) is 0 Å². The average molecular weight is 260 g/mol. The molecule has 2 atom stereocenters. The highest BCUT2D eigenvalue weighted by atomic mass is 31.0. The van der Waals surface area contributed by atoms with Crippen LogP contribution in [-0.2, 0) is 0 Å². The van der Waals surface area contributed by atoms with Crippen LogP contribution in [0.2, 0.25) is 0 Å². The van der Waals surface area contributed by atoms with Crippen molar-refractivity contribution in [3.63, 3.8) is 0 Å². The second kappa shape index (κ2) is 5.08. The third-order valence-corrected chi connectivity index (χ3v) is 3.39. The van der Waals surface area contributed by atoms with Crippen LogP contribution in [0.15, 0.2) is 42.5 Å². The fourth-order valence-electron chi connectivity index (χ4n) is 1.77. The molecule has 2 rings (SSSR count). The van der Waals surface area contributed by atoms with Gasteiger partial charge in [-0.2, -0.15) is 0 Å². The molecule has 3 heteroatoms. The maximum Gasteiger partial charge on any atom is 0.160 e. The van der Waals surface area contributed by atoms with Crippen LogP contribution in [-0.4, -0.2) is 5.78 Å². The van der Waals surface area contributed by atoms with Gasteiger partial charge in [-0.15, -0.1) is 18.5 Å². The van der Waals surface area contributed by atoms with Gasteiger partial charge in [0.25, 0.3) is 0 Å². The molecule has 1 nitrogen and oxygen atoms in total. The fourth-order valence-corrected chi connectivity index (χ4v) is 2.22. The highest BCUT2D eigenvalue weighted by molar-refractivity contribution is 7.27. The minimum absolute atomic E-state index is 0.0965. The monoisotopic (exact) mass is 260 g/mol. The number of ketones is 1. The summed E-state index contributed by atoms with van der Waals surface area (Å²) >= 11 is 0. The van der Waals surface area contributed by atoms with E-state index in [0.29, 0.717) is 0 Å². The number of benzene rings is 2. The second-order valence-corrected chi connectivity index (χ2v) is 5.32. The highest BCUT2D eigenvalue weighted by Gasteiger charge is 2.09. The Kier molecular flexibility index (Phi) is 3.72. The Morgan fingerprint density at radius 3 is 2.12 bits per heavy atom. The van der Waals surface area contributed by atoms with Crippen LogP contribution in [0.3, 0.4) is 0 Å². The largest absolute Gasteiger partial charge is 0.294 e. The summed E-state index contributed by atoms with van der Waals surface area (Å²) in [6, 6.07) is 14.0. The lowest BCUT2D eigenvalue weighted by atomic mass is 9.98. The van der Waals surface area contributed by atoms with Crippen molar-refractivity contribution in [2.75, 3.05) is 0 Å². The van der Waals surface area contributed by atoms with Gasteiger partial charge in [-0.25, -0.2) is 0 Å². The van der Waals surface area contributed by atoms with Crippen molar-refractivity contribution < 1.29 is 4.79 Å². The summed E-state index contributed by atoms with van der Waals surface area (Å²) in [5.41, 5.74) is 2.84. The number of hydrogen-bond donors (Lipinski definition) is 0. The van der Waals surface area contributed by atoms with E-state index in [0.717, 1.165) is 27.3 Å². The molecular weight excluding hydrogens is 246 g/mol. The molecule has 0 saturated heterocycles. The minimum Gasteiger partial charge on any atom is -0.294 e. The van der Waals surface area contributed by atoms with E-state index >= 15 is 0 Å². The van der Waals surface area contributed by atoms with E-state index in [9.17, 15) is 4.79 Å². The molecule has 86 valence electrons. The lowest BCUT2D eigenvalue weighted by molar-refractivity contribution is 0.101. The van der Waals surface area contributed by atoms with Gasteiger partial charge in [0.15, 0.2) is 5.78 Å². The van der Waals surface area contributed by atoms with E-state index in [1.165, 1.54) is 0 Å². The topological polar surface area (TPSA) is 17.1 Å². The Hall–Kier alpha value is -1.03. The first-order valence-electron chi connectivity index (χ1n) is 5.34. The zero-order valence-corrected chi connectivity index (χ0v) is 11.9. The standard InChI is InChI=1S/C14H14OP2/c1-9(15)14-8-12(17)6-7-13(14)10-2-4-11(16)5-3-10/h2-8H,16-17H2,1H3. The van der Waals surface area contributed by atoms with Crippen LogP contribution in [0.25, 0.3) is 11.1 Å². The van der Waals surface area contributed by atoms with Crippen LogP contribution in [0.5, 0.6) is 0 Å². The molecule has 0 aliphatic rings. The minimum atomic E-state index is 0.0965. The first-order valence-corrected chi connectivity index (χ1v) is 6.50. The van der Waals surface area contributed by atoms with Crippen molar-refractivity contribution >= 4 is 34.9 Å². The van der Waals surface area contributed by atoms with E-state index in [-0.39, 0.29) is 5.78 Å². The van der Waals surface area contributed by atoms with E-state index in [2.05, 4.69) is 18.5 Å². The van der Waals surface area contributed by atoms with Crippen LogP contribution < -0.4 is 10.6 Å². The quantitative estimate of drug-likeness (QED) is 0.599. The van der Waals surface area contributed by atoms with E-state index in [1.54, 1.807) is 6.92 Å². The molecule has 0 fully saturated rings.